The number of nitrogens with zero attached hydrogens (tertiary/aromatic N) is 1. The first-order chi connectivity index (χ1) is 21.0. The van der Waals surface area contributed by atoms with Crippen LogP contribution >= 0.6 is 0 Å². The van der Waals surface area contributed by atoms with E-state index in [1.54, 1.807) is 43.6 Å². The second-order valence-corrected chi connectivity index (χ2v) is 13.4. The number of fused-ring (bicyclic) bond motifs is 1. The molecule has 1 saturated carbocycles. The topological polar surface area (TPSA) is 138 Å². The Hall–Kier alpha value is -4.64. The van der Waals surface area contributed by atoms with Crippen LogP contribution in [0.1, 0.15) is 35.1 Å². The molecule has 10 nitrogen and oxygen atoms in total. The van der Waals surface area contributed by atoms with Gasteiger partial charge in [0.1, 0.15) is 0 Å². The van der Waals surface area contributed by atoms with Gasteiger partial charge in [-0.3, -0.25) is 14.9 Å². The van der Waals surface area contributed by atoms with Crippen LogP contribution in [0.15, 0.2) is 76.6 Å². The van der Waals surface area contributed by atoms with Gasteiger partial charge in [0, 0.05) is 43.0 Å². The van der Waals surface area contributed by atoms with Gasteiger partial charge in [-0.15, -0.1) is 0 Å². The summed E-state index contributed by atoms with van der Waals surface area (Å²) in [6.07, 6.45) is 2.70. The number of carbonyl (C=O) groups is 2. The average molecular weight is 617 g/mol. The van der Waals surface area contributed by atoms with Crippen molar-refractivity contribution >= 4 is 44.0 Å². The van der Waals surface area contributed by atoms with E-state index in [0.29, 0.717) is 41.6 Å². The standard InChI is InChI=1S/C33H36N4O6S/c1-21-5-4-6-22(2)28(21)14-16-43-33(40)36-26-9-12-30(44(41,42)27-10-11-27)24(17-26)20-37(3)31(38)19-35-25-8-7-23-13-15-34-32(39)29(23)18-25/h4-9,12-13,15,17-18,27,35H,10-11,14,16,19-20H2,1-3H3,(H,34,39)(H,36,40). The van der Waals surface area contributed by atoms with Crippen molar-refractivity contribution in [3.63, 3.8) is 0 Å². The minimum Gasteiger partial charge on any atom is -0.449 e. The molecule has 1 heterocycles. The average Bonchev–Trinajstić information content (AvgIpc) is 3.84. The lowest BCUT2D eigenvalue weighted by Gasteiger charge is -2.21. The van der Waals surface area contributed by atoms with Crippen LogP contribution in [0, 0.1) is 13.8 Å². The fourth-order valence-corrected chi connectivity index (χ4v) is 7.07. The first-order valence-electron chi connectivity index (χ1n) is 14.5. The fraction of sp³-hybridized carbons (Fsp3) is 0.303. The van der Waals surface area contributed by atoms with Crippen molar-refractivity contribution in [2.24, 2.45) is 0 Å². The van der Waals surface area contributed by atoms with Gasteiger partial charge in [0.15, 0.2) is 9.84 Å². The van der Waals surface area contributed by atoms with E-state index in [-0.39, 0.29) is 36.1 Å². The SMILES string of the molecule is Cc1cccc(C)c1CCOC(=O)Nc1ccc(S(=O)(=O)C2CC2)c(CN(C)C(=O)CNc2ccc3cc[nH]c(=O)c3c2)c1. The van der Waals surface area contributed by atoms with Crippen LogP contribution in [0.25, 0.3) is 10.8 Å². The second-order valence-electron chi connectivity index (χ2n) is 11.2. The minimum atomic E-state index is -3.58. The largest absolute Gasteiger partial charge is 0.449 e. The van der Waals surface area contributed by atoms with Crippen molar-refractivity contribution in [2.75, 3.05) is 30.8 Å². The van der Waals surface area contributed by atoms with Crippen LogP contribution in [0.3, 0.4) is 0 Å². The van der Waals surface area contributed by atoms with Crippen LogP contribution in [0.5, 0.6) is 0 Å². The molecule has 3 aromatic carbocycles. The number of carbonyl (C=O) groups excluding carboxylic acids is 2. The normalized spacial score (nSPS) is 13.0. The van der Waals surface area contributed by atoms with E-state index < -0.39 is 21.2 Å². The van der Waals surface area contributed by atoms with Crippen LogP contribution in [0.2, 0.25) is 0 Å². The smallest absolute Gasteiger partial charge is 0.411 e. The molecule has 11 heteroatoms. The Morgan fingerprint density at radius 2 is 1.73 bits per heavy atom. The third-order valence-corrected chi connectivity index (χ3v) is 10.2. The molecule has 3 N–H and O–H groups in total. The quantitative estimate of drug-likeness (QED) is 0.217. The molecular weight excluding hydrogens is 580 g/mol. The maximum Gasteiger partial charge on any atom is 0.411 e. The number of ether oxygens (including phenoxy) is 1. The number of rotatable bonds is 11. The van der Waals surface area contributed by atoms with Gasteiger partial charge in [0.05, 0.1) is 23.3 Å². The molecule has 0 atom stereocenters. The Labute approximate surface area is 256 Å². The molecule has 4 aromatic rings. The lowest BCUT2D eigenvalue weighted by molar-refractivity contribution is -0.128. The van der Waals surface area contributed by atoms with Crippen LogP contribution < -0.4 is 16.2 Å². The Morgan fingerprint density at radius 1 is 1.00 bits per heavy atom. The number of likely N-dealkylation sites (N-methyl/N-ethyl adjacent to an activating group) is 1. The third-order valence-electron chi connectivity index (χ3n) is 7.86. The summed E-state index contributed by atoms with van der Waals surface area (Å²) in [6.45, 7) is 4.17. The number of pyridine rings is 1. The maximum absolute atomic E-state index is 13.2. The molecule has 0 unspecified atom stereocenters. The maximum atomic E-state index is 13.2. The van der Waals surface area contributed by atoms with Gasteiger partial charge in [-0.1, -0.05) is 24.3 Å². The lowest BCUT2D eigenvalue weighted by atomic mass is 10.0. The number of H-pyrrole nitrogens is 1. The molecule has 1 fully saturated rings. The predicted molar refractivity (Wildman–Crippen MR) is 171 cm³/mol. The number of amides is 2. The number of anilines is 2. The number of aromatic amines is 1. The fourth-order valence-electron chi connectivity index (χ4n) is 5.21. The van der Waals surface area contributed by atoms with Crippen molar-refractivity contribution in [1.29, 1.82) is 0 Å². The van der Waals surface area contributed by atoms with Crippen molar-refractivity contribution in [1.82, 2.24) is 9.88 Å². The molecule has 0 bridgehead atoms. The number of nitrogens with one attached hydrogen (secondary N) is 3. The van der Waals surface area contributed by atoms with Crippen molar-refractivity contribution in [3.05, 3.63) is 99.5 Å². The molecule has 1 aliphatic carbocycles. The Morgan fingerprint density at radius 3 is 2.45 bits per heavy atom. The summed E-state index contributed by atoms with van der Waals surface area (Å²) in [5, 5.41) is 6.58. The van der Waals surface area contributed by atoms with Crippen LogP contribution in [-0.4, -0.2) is 55.8 Å². The molecule has 1 aromatic heterocycles. The highest BCUT2D eigenvalue weighted by Gasteiger charge is 2.38. The zero-order valence-electron chi connectivity index (χ0n) is 25.0. The first-order valence-corrected chi connectivity index (χ1v) is 16.0. The van der Waals surface area contributed by atoms with Gasteiger partial charge in [-0.2, -0.15) is 0 Å². The summed E-state index contributed by atoms with van der Waals surface area (Å²) in [7, 11) is -1.99. The summed E-state index contributed by atoms with van der Waals surface area (Å²) in [6, 6.07) is 17.7. The molecular formula is C33H36N4O6S. The Kier molecular flexibility index (Phi) is 9.05. The number of benzene rings is 3. The summed E-state index contributed by atoms with van der Waals surface area (Å²) >= 11 is 0. The number of aromatic nitrogens is 1. The summed E-state index contributed by atoms with van der Waals surface area (Å²) in [5.74, 6) is -0.286. The summed E-state index contributed by atoms with van der Waals surface area (Å²) in [4.78, 5) is 42.0. The lowest BCUT2D eigenvalue weighted by Crippen LogP contribution is -2.32. The highest BCUT2D eigenvalue weighted by Crippen LogP contribution is 2.36. The van der Waals surface area contributed by atoms with Crippen molar-refractivity contribution < 1.29 is 22.7 Å². The van der Waals surface area contributed by atoms with E-state index in [4.69, 9.17) is 4.74 Å². The Balaban J connectivity index is 1.25. The van der Waals surface area contributed by atoms with Crippen molar-refractivity contribution in [3.8, 4) is 0 Å². The third kappa shape index (κ3) is 7.11. The van der Waals surface area contributed by atoms with E-state index in [1.165, 1.54) is 17.0 Å². The number of hydrogen-bond acceptors (Lipinski definition) is 7. The zero-order valence-corrected chi connectivity index (χ0v) is 25.8. The molecule has 0 aliphatic heterocycles. The molecule has 44 heavy (non-hydrogen) atoms. The number of hydrogen-bond donors (Lipinski definition) is 3. The van der Waals surface area contributed by atoms with Gasteiger partial charge in [0.25, 0.3) is 5.56 Å². The highest BCUT2D eigenvalue weighted by atomic mass is 32.2. The summed E-state index contributed by atoms with van der Waals surface area (Å²) in [5.41, 5.74) is 4.55. The Bertz CT molecular complexity index is 1860. The monoisotopic (exact) mass is 616 g/mol. The first kappa shape index (κ1) is 30.8. The second kappa shape index (κ2) is 12.9. The van der Waals surface area contributed by atoms with Crippen molar-refractivity contribution in [2.45, 2.75) is 49.8 Å². The van der Waals surface area contributed by atoms with Crippen LogP contribution in [-0.2, 0) is 32.3 Å². The van der Waals surface area contributed by atoms with E-state index >= 15 is 0 Å². The predicted octanol–water partition coefficient (Wildman–Crippen LogP) is 4.94. The highest BCUT2D eigenvalue weighted by molar-refractivity contribution is 7.92. The summed E-state index contributed by atoms with van der Waals surface area (Å²) < 4.78 is 31.9. The number of sulfone groups is 1. The van der Waals surface area contributed by atoms with Gasteiger partial charge < -0.3 is 19.9 Å². The number of aryl methyl sites for hydroxylation is 2. The van der Waals surface area contributed by atoms with E-state index in [2.05, 4.69) is 15.6 Å². The van der Waals surface area contributed by atoms with Crippen LogP contribution in [0.4, 0.5) is 16.2 Å². The van der Waals surface area contributed by atoms with E-state index in [1.807, 2.05) is 32.0 Å². The minimum absolute atomic E-state index is 0.0102. The molecule has 0 radical (unpaired) electrons. The van der Waals surface area contributed by atoms with E-state index in [0.717, 1.165) is 22.1 Å². The molecule has 2 amide bonds. The van der Waals surface area contributed by atoms with Gasteiger partial charge in [0.2, 0.25) is 5.91 Å². The van der Waals surface area contributed by atoms with Gasteiger partial charge >= 0.3 is 6.09 Å². The molecule has 1 aliphatic rings. The van der Waals surface area contributed by atoms with E-state index in [9.17, 15) is 22.8 Å². The van der Waals surface area contributed by atoms with Gasteiger partial charge in [-0.25, -0.2) is 13.2 Å². The zero-order chi connectivity index (χ0) is 31.4. The molecule has 0 saturated heterocycles. The van der Waals surface area contributed by atoms with Gasteiger partial charge in [-0.05, 0) is 90.7 Å². The molecule has 230 valence electrons. The molecule has 0 spiro atoms. The molecule has 5 rings (SSSR count).